The third kappa shape index (κ3) is 3.54. The molecule has 3 N–H and O–H groups in total. The van der Waals surface area contributed by atoms with Gasteiger partial charge in [0, 0.05) is 6.54 Å². The van der Waals surface area contributed by atoms with Crippen molar-refractivity contribution < 1.29 is 19.1 Å². The number of nitrogens with one attached hydrogen (secondary N) is 2. The number of amides is 2. The first-order chi connectivity index (χ1) is 9.40. The Hall–Kier alpha value is -1.95. The number of halogens is 1. The van der Waals surface area contributed by atoms with Crippen LogP contribution < -0.4 is 10.6 Å². The molecule has 1 unspecified atom stereocenters. The molecule has 2 amide bonds. The zero-order valence-electron chi connectivity index (χ0n) is 11.1. The molecule has 1 atom stereocenters. The smallest absolute Gasteiger partial charge is 0.313 e. The molecule has 1 fully saturated rings. The van der Waals surface area contributed by atoms with Crippen LogP contribution in [-0.4, -0.2) is 29.1 Å². The van der Waals surface area contributed by atoms with Gasteiger partial charge in [-0.25, -0.2) is 4.39 Å². The summed E-state index contributed by atoms with van der Waals surface area (Å²) in [5, 5.41) is 14.6. The van der Waals surface area contributed by atoms with Gasteiger partial charge in [-0.15, -0.1) is 0 Å². The first-order valence-electron chi connectivity index (χ1n) is 6.46. The lowest BCUT2D eigenvalue weighted by Gasteiger charge is -2.22. The molecule has 0 heterocycles. The highest BCUT2D eigenvalue weighted by atomic mass is 19.1. The molecule has 0 aromatic heterocycles. The Kier molecular flexibility index (Phi) is 4.04. The maximum Gasteiger partial charge on any atom is 0.313 e. The van der Waals surface area contributed by atoms with Gasteiger partial charge in [0.2, 0.25) is 0 Å². The van der Waals surface area contributed by atoms with Crippen molar-refractivity contribution in [1.82, 2.24) is 5.32 Å². The summed E-state index contributed by atoms with van der Waals surface area (Å²) in [4.78, 5) is 23.2. The first-order valence-corrected chi connectivity index (χ1v) is 6.46. The van der Waals surface area contributed by atoms with Crippen molar-refractivity contribution in [2.45, 2.75) is 25.4 Å². The lowest BCUT2D eigenvalue weighted by atomic mass is 10.0. The van der Waals surface area contributed by atoms with Gasteiger partial charge in [-0.05, 0) is 37.8 Å². The van der Waals surface area contributed by atoms with Gasteiger partial charge in [0.05, 0.1) is 11.3 Å². The molecular formula is C14H17FN2O3. The van der Waals surface area contributed by atoms with Crippen LogP contribution in [0.3, 0.4) is 0 Å². The van der Waals surface area contributed by atoms with Crippen LogP contribution in [0.1, 0.15) is 19.8 Å². The summed E-state index contributed by atoms with van der Waals surface area (Å²) in [6, 6.07) is 5.58. The van der Waals surface area contributed by atoms with Gasteiger partial charge in [0.15, 0.2) is 0 Å². The van der Waals surface area contributed by atoms with Crippen LogP contribution >= 0.6 is 0 Å². The van der Waals surface area contributed by atoms with Gasteiger partial charge in [-0.1, -0.05) is 12.1 Å². The predicted molar refractivity (Wildman–Crippen MR) is 71.4 cm³/mol. The summed E-state index contributed by atoms with van der Waals surface area (Å²) in [6.45, 7) is 1.63. The third-order valence-electron chi connectivity index (χ3n) is 3.39. The van der Waals surface area contributed by atoms with E-state index < -0.39 is 23.2 Å². The lowest BCUT2D eigenvalue weighted by Crippen LogP contribution is -2.45. The maximum absolute atomic E-state index is 13.3. The number of carbonyl (C=O) groups excluding carboxylic acids is 2. The number of carbonyl (C=O) groups is 2. The molecule has 1 aliphatic rings. The normalized spacial score (nSPS) is 17.1. The summed E-state index contributed by atoms with van der Waals surface area (Å²) in [5.74, 6) is -2.30. The summed E-state index contributed by atoms with van der Waals surface area (Å²) in [5.41, 5.74) is -1.06. The van der Waals surface area contributed by atoms with E-state index in [2.05, 4.69) is 10.6 Å². The number of anilines is 1. The standard InChI is InChI=1S/C14H17FN2O3/c1-14(20,9-6-7-9)8-16-12(18)13(19)17-11-5-3-2-4-10(11)15/h2-5,9,20H,6-8H2,1H3,(H,16,18)(H,17,19). The van der Waals surface area contributed by atoms with Crippen LogP contribution in [0, 0.1) is 11.7 Å². The average molecular weight is 280 g/mol. The van der Waals surface area contributed by atoms with Crippen LogP contribution in [0.4, 0.5) is 10.1 Å². The van der Waals surface area contributed by atoms with Crippen molar-refractivity contribution >= 4 is 17.5 Å². The van der Waals surface area contributed by atoms with Crippen LogP contribution in [0.15, 0.2) is 24.3 Å². The molecular weight excluding hydrogens is 263 g/mol. The number of hydrogen-bond donors (Lipinski definition) is 3. The Morgan fingerprint density at radius 3 is 2.60 bits per heavy atom. The monoisotopic (exact) mass is 280 g/mol. The molecule has 20 heavy (non-hydrogen) atoms. The van der Waals surface area contributed by atoms with Crippen molar-refractivity contribution in [1.29, 1.82) is 0 Å². The van der Waals surface area contributed by atoms with Gasteiger partial charge in [0.1, 0.15) is 5.82 Å². The minimum atomic E-state index is -1.01. The average Bonchev–Trinajstić information content (AvgIpc) is 3.23. The molecule has 0 bridgehead atoms. The van der Waals surface area contributed by atoms with Crippen molar-refractivity contribution in [2.75, 3.05) is 11.9 Å². The van der Waals surface area contributed by atoms with E-state index in [1.165, 1.54) is 18.2 Å². The van der Waals surface area contributed by atoms with Gasteiger partial charge >= 0.3 is 11.8 Å². The second kappa shape index (κ2) is 5.58. The van der Waals surface area contributed by atoms with E-state index in [4.69, 9.17) is 0 Å². The van der Waals surface area contributed by atoms with E-state index >= 15 is 0 Å². The Labute approximate surface area is 116 Å². The highest BCUT2D eigenvalue weighted by molar-refractivity contribution is 6.39. The van der Waals surface area contributed by atoms with Gasteiger partial charge < -0.3 is 15.7 Å². The number of para-hydroxylation sites is 1. The Morgan fingerprint density at radius 2 is 2.00 bits per heavy atom. The summed E-state index contributed by atoms with van der Waals surface area (Å²) in [6.07, 6.45) is 1.84. The minimum Gasteiger partial charge on any atom is -0.388 e. The van der Waals surface area contributed by atoms with Crippen molar-refractivity contribution in [3.63, 3.8) is 0 Å². The van der Waals surface area contributed by atoms with Crippen LogP contribution in [0.5, 0.6) is 0 Å². The molecule has 5 nitrogen and oxygen atoms in total. The van der Waals surface area contributed by atoms with E-state index in [1.807, 2.05) is 0 Å². The van der Waals surface area contributed by atoms with E-state index in [0.29, 0.717) is 0 Å². The number of aliphatic hydroxyl groups is 1. The molecule has 2 rings (SSSR count). The maximum atomic E-state index is 13.3. The van der Waals surface area contributed by atoms with Crippen LogP contribution in [0.2, 0.25) is 0 Å². The van der Waals surface area contributed by atoms with E-state index in [9.17, 15) is 19.1 Å². The Bertz CT molecular complexity index is 527. The zero-order valence-corrected chi connectivity index (χ0v) is 11.1. The largest absolute Gasteiger partial charge is 0.388 e. The van der Waals surface area contributed by atoms with Gasteiger partial charge in [0.25, 0.3) is 0 Å². The van der Waals surface area contributed by atoms with E-state index in [0.717, 1.165) is 12.8 Å². The fourth-order valence-electron chi connectivity index (χ4n) is 1.93. The Balaban J connectivity index is 1.86. The first kappa shape index (κ1) is 14.5. The van der Waals surface area contributed by atoms with E-state index in [-0.39, 0.29) is 18.2 Å². The molecule has 108 valence electrons. The molecule has 1 aromatic carbocycles. The molecule has 0 aliphatic heterocycles. The fourth-order valence-corrected chi connectivity index (χ4v) is 1.93. The molecule has 0 spiro atoms. The van der Waals surface area contributed by atoms with Crippen molar-refractivity contribution in [3.05, 3.63) is 30.1 Å². The summed E-state index contributed by atoms with van der Waals surface area (Å²) in [7, 11) is 0. The predicted octanol–water partition coefficient (Wildman–Crippen LogP) is 1.04. The molecule has 0 saturated heterocycles. The summed E-state index contributed by atoms with van der Waals surface area (Å²) < 4.78 is 13.3. The molecule has 1 aromatic rings. The quantitative estimate of drug-likeness (QED) is 0.721. The fraction of sp³-hybridized carbons (Fsp3) is 0.429. The zero-order chi connectivity index (χ0) is 14.8. The molecule has 6 heteroatoms. The number of rotatable bonds is 4. The Morgan fingerprint density at radius 1 is 1.35 bits per heavy atom. The van der Waals surface area contributed by atoms with Crippen LogP contribution in [-0.2, 0) is 9.59 Å². The second-order valence-corrected chi connectivity index (χ2v) is 5.25. The third-order valence-corrected chi connectivity index (χ3v) is 3.39. The number of benzene rings is 1. The van der Waals surface area contributed by atoms with Gasteiger partial charge in [-0.2, -0.15) is 0 Å². The highest BCUT2D eigenvalue weighted by Crippen LogP contribution is 2.38. The van der Waals surface area contributed by atoms with Gasteiger partial charge in [-0.3, -0.25) is 9.59 Å². The van der Waals surface area contributed by atoms with Crippen LogP contribution in [0.25, 0.3) is 0 Å². The lowest BCUT2D eigenvalue weighted by molar-refractivity contribution is -0.136. The van der Waals surface area contributed by atoms with Crippen molar-refractivity contribution in [2.24, 2.45) is 5.92 Å². The molecule has 1 aliphatic carbocycles. The minimum absolute atomic E-state index is 0.00118. The SMILES string of the molecule is CC(O)(CNC(=O)C(=O)Nc1ccccc1F)C1CC1. The molecule has 0 radical (unpaired) electrons. The highest BCUT2D eigenvalue weighted by Gasteiger charge is 2.40. The van der Waals surface area contributed by atoms with E-state index in [1.54, 1.807) is 13.0 Å². The summed E-state index contributed by atoms with van der Waals surface area (Å²) >= 11 is 0. The topological polar surface area (TPSA) is 78.4 Å². The second-order valence-electron chi connectivity index (χ2n) is 5.25. The number of hydrogen-bond acceptors (Lipinski definition) is 3. The van der Waals surface area contributed by atoms with Crippen molar-refractivity contribution in [3.8, 4) is 0 Å². The molecule has 1 saturated carbocycles.